The lowest BCUT2D eigenvalue weighted by Gasteiger charge is -2.22. The van der Waals surface area contributed by atoms with Gasteiger partial charge in [0.25, 0.3) is 5.91 Å². The molecular formula is C26H34N4O3. The van der Waals surface area contributed by atoms with Crippen molar-refractivity contribution < 1.29 is 14.4 Å². The molecule has 0 spiro atoms. The van der Waals surface area contributed by atoms with Crippen LogP contribution in [-0.2, 0) is 4.79 Å². The number of benzene rings is 2. The van der Waals surface area contributed by atoms with Gasteiger partial charge in [-0.3, -0.25) is 9.59 Å². The molecule has 1 aliphatic heterocycles. The summed E-state index contributed by atoms with van der Waals surface area (Å²) in [5, 5.41) is 8.65. The molecule has 33 heavy (non-hydrogen) atoms. The maximum atomic E-state index is 13.0. The van der Waals surface area contributed by atoms with Gasteiger partial charge in [0.05, 0.1) is 0 Å². The zero-order valence-corrected chi connectivity index (χ0v) is 19.7. The lowest BCUT2D eigenvalue weighted by atomic mass is 10.0. The monoisotopic (exact) mass is 450 g/mol. The molecule has 176 valence electrons. The van der Waals surface area contributed by atoms with Crippen LogP contribution in [0.2, 0.25) is 0 Å². The molecule has 1 heterocycles. The quantitative estimate of drug-likeness (QED) is 0.591. The second-order valence-electron chi connectivity index (χ2n) is 8.97. The third-order valence-corrected chi connectivity index (χ3v) is 5.79. The normalized spacial score (nSPS) is 14.8. The SMILES string of the molecule is Cc1cccc(C(=O)N[C@H](C(=O)Nc2cccc(NC(=O)N3CCCCCC3)c2)C(C)C)c1. The van der Waals surface area contributed by atoms with Gasteiger partial charge in [0.2, 0.25) is 5.91 Å². The molecule has 0 bridgehead atoms. The van der Waals surface area contributed by atoms with Gasteiger partial charge in [-0.1, -0.05) is 50.5 Å². The summed E-state index contributed by atoms with van der Waals surface area (Å²) in [5.74, 6) is -0.697. The summed E-state index contributed by atoms with van der Waals surface area (Å²) in [6.45, 7) is 7.22. The molecule has 3 rings (SSSR count). The van der Waals surface area contributed by atoms with Gasteiger partial charge in [-0.25, -0.2) is 4.79 Å². The van der Waals surface area contributed by atoms with Crippen molar-refractivity contribution >= 4 is 29.2 Å². The fourth-order valence-electron chi connectivity index (χ4n) is 3.92. The molecule has 0 aromatic heterocycles. The van der Waals surface area contributed by atoms with Crippen molar-refractivity contribution in [3.05, 3.63) is 59.7 Å². The van der Waals surface area contributed by atoms with Gasteiger partial charge in [0, 0.05) is 30.0 Å². The summed E-state index contributed by atoms with van der Waals surface area (Å²) >= 11 is 0. The van der Waals surface area contributed by atoms with Crippen LogP contribution in [0.5, 0.6) is 0 Å². The zero-order chi connectivity index (χ0) is 23.8. The van der Waals surface area contributed by atoms with Crippen molar-refractivity contribution in [3.63, 3.8) is 0 Å². The molecule has 0 saturated carbocycles. The number of nitrogens with one attached hydrogen (secondary N) is 3. The van der Waals surface area contributed by atoms with E-state index in [4.69, 9.17) is 0 Å². The Labute approximate surface area is 195 Å². The number of carbonyl (C=O) groups excluding carboxylic acids is 3. The van der Waals surface area contributed by atoms with Crippen LogP contribution < -0.4 is 16.0 Å². The van der Waals surface area contributed by atoms with Gasteiger partial charge >= 0.3 is 6.03 Å². The van der Waals surface area contributed by atoms with Gasteiger partial charge < -0.3 is 20.9 Å². The number of rotatable bonds is 6. The van der Waals surface area contributed by atoms with Crippen LogP contribution in [0.25, 0.3) is 0 Å². The molecule has 0 unspecified atom stereocenters. The summed E-state index contributed by atoms with van der Waals surface area (Å²) < 4.78 is 0. The molecular weight excluding hydrogens is 416 g/mol. The molecule has 3 N–H and O–H groups in total. The summed E-state index contributed by atoms with van der Waals surface area (Å²) in [4.78, 5) is 40.1. The maximum absolute atomic E-state index is 13.0. The molecule has 0 radical (unpaired) electrons. The third kappa shape index (κ3) is 7.07. The second kappa shape index (κ2) is 11.5. The standard InChI is InChI=1S/C26H34N4O3/c1-18(2)23(29-24(31)20-11-8-10-19(3)16-20)25(32)27-21-12-9-13-22(17-21)28-26(33)30-14-6-4-5-7-15-30/h8-13,16-18,23H,4-7,14-15H2,1-3H3,(H,27,32)(H,28,33)(H,29,31)/t23-/m0/s1. The smallest absolute Gasteiger partial charge is 0.321 e. The van der Waals surface area contributed by atoms with E-state index >= 15 is 0 Å². The van der Waals surface area contributed by atoms with Gasteiger partial charge in [-0.05, 0) is 56.0 Å². The first-order chi connectivity index (χ1) is 15.8. The average molecular weight is 451 g/mol. The van der Waals surface area contributed by atoms with Crippen LogP contribution in [0, 0.1) is 12.8 Å². The fraction of sp³-hybridized carbons (Fsp3) is 0.423. The predicted molar refractivity (Wildman–Crippen MR) is 131 cm³/mol. The van der Waals surface area contributed by atoms with Crippen LogP contribution in [0.1, 0.15) is 55.5 Å². The molecule has 2 aromatic rings. The van der Waals surface area contributed by atoms with E-state index in [1.165, 1.54) is 0 Å². The lowest BCUT2D eigenvalue weighted by molar-refractivity contribution is -0.118. The van der Waals surface area contributed by atoms with E-state index in [0.29, 0.717) is 16.9 Å². The van der Waals surface area contributed by atoms with Gasteiger partial charge in [0.15, 0.2) is 0 Å². The Morgan fingerprint density at radius 2 is 1.48 bits per heavy atom. The molecule has 1 fully saturated rings. The Morgan fingerprint density at radius 1 is 0.848 bits per heavy atom. The largest absolute Gasteiger partial charge is 0.340 e. The molecule has 7 nitrogen and oxygen atoms in total. The molecule has 1 atom stereocenters. The Morgan fingerprint density at radius 3 is 2.12 bits per heavy atom. The first-order valence-electron chi connectivity index (χ1n) is 11.7. The fourth-order valence-corrected chi connectivity index (χ4v) is 3.92. The van der Waals surface area contributed by atoms with E-state index < -0.39 is 6.04 Å². The van der Waals surface area contributed by atoms with Gasteiger partial charge in [0.1, 0.15) is 6.04 Å². The van der Waals surface area contributed by atoms with E-state index in [-0.39, 0.29) is 23.8 Å². The highest BCUT2D eigenvalue weighted by atomic mass is 16.2. The van der Waals surface area contributed by atoms with E-state index in [9.17, 15) is 14.4 Å². The molecule has 2 aromatic carbocycles. The number of hydrogen-bond donors (Lipinski definition) is 3. The van der Waals surface area contributed by atoms with E-state index in [1.807, 2.05) is 37.8 Å². The van der Waals surface area contributed by atoms with Crippen molar-refractivity contribution in [1.82, 2.24) is 10.2 Å². The Kier molecular flexibility index (Phi) is 8.46. The van der Waals surface area contributed by atoms with Gasteiger partial charge in [-0.2, -0.15) is 0 Å². The minimum atomic E-state index is -0.701. The lowest BCUT2D eigenvalue weighted by Crippen LogP contribution is -2.47. The topological polar surface area (TPSA) is 90.5 Å². The third-order valence-electron chi connectivity index (χ3n) is 5.79. The summed E-state index contributed by atoms with van der Waals surface area (Å²) in [7, 11) is 0. The number of anilines is 2. The molecule has 4 amide bonds. The maximum Gasteiger partial charge on any atom is 0.321 e. The predicted octanol–water partition coefficient (Wildman–Crippen LogP) is 4.80. The highest BCUT2D eigenvalue weighted by Crippen LogP contribution is 2.18. The zero-order valence-electron chi connectivity index (χ0n) is 19.7. The number of nitrogens with zero attached hydrogens (tertiary/aromatic N) is 1. The minimum absolute atomic E-state index is 0.107. The Hall–Kier alpha value is -3.35. The summed E-state index contributed by atoms with van der Waals surface area (Å²) in [6, 6.07) is 13.5. The molecule has 1 saturated heterocycles. The number of carbonyl (C=O) groups is 3. The van der Waals surface area contributed by atoms with Crippen molar-refractivity contribution in [2.45, 2.75) is 52.5 Å². The number of urea groups is 1. The first-order valence-corrected chi connectivity index (χ1v) is 11.7. The Balaban J connectivity index is 1.63. The molecule has 1 aliphatic rings. The highest BCUT2D eigenvalue weighted by Gasteiger charge is 2.25. The number of amides is 4. The van der Waals surface area contributed by atoms with Crippen molar-refractivity contribution in [2.24, 2.45) is 5.92 Å². The number of hydrogen-bond acceptors (Lipinski definition) is 3. The van der Waals surface area contributed by atoms with Crippen LogP contribution in [-0.4, -0.2) is 41.9 Å². The number of likely N-dealkylation sites (tertiary alicyclic amines) is 1. The second-order valence-corrected chi connectivity index (χ2v) is 8.97. The van der Waals surface area contributed by atoms with Crippen LogP contribution >= 0.6 is 0 Å². The van der Waals surface area contributed by atoms with Crippen molar-refractivity contribution in [2.75, 3.05) is 23.7 Å². The van der Waals surface area contributed by atoms with E-state index in [1.54, 1.807) is 36.4 Å². The summed E-state index contributed by atoms with van der Waals surface area (Å²) in [6.07, 6.45) is 4.36. The number of aryl methyl sites for hydroxylation is 1. The summed E-state index contributed by atoms with van der Waals surface area (Å²) in [5.41, 5.74) is 2.68. The average Bonchev–Trinajstić information content (AvgIpc) is 3.07. The van der Waals surface area contributed by atoms with Crippen molar-refractivity contribution in [1.29, 1.82) is 0 Å². The minimum Gasteiger partial charge on any atom is -0.340 e. The molecule has 0 aliphatic carbocycles. The highest BCUT2D eigenvalue weighted by molar-refractivity contribution is 6.01. The van der Waals surface area contributed by atoms with Crippen molar-refractivity contribution in [3.8, 4) is 0 Å². The van der Waals surface area contributed by atoms with E-state index in [2.05, 4.69) is 16.0 Å². The van der Waals surface area contributed by atoms with E-state index in [0.717, 1.165) is 44.3 Å². The van der Waals surface area contributed by atoms with Crippen LogP contribution in [0.15, 0.2) is 48.5 Å². The molecule has 7 heteroatoms. The van der Waals surface area contributed by atoms with Crippen LogP contribution in [0.3, 0.4) is 0 Å². The first kappa shape index (κ1) is 24.3. The van der Waals surface area contributed by atoms with Crippen LogP contribution in [0.4, 0.5) is 16.2 Å². The van der Waals surface area contributed by atoms with Gasteiger partial charge in [-0.15, -0.1) is 0 Å². The Bertz CT molecular complexity index is 981.